The molecule has 0 aliphatic carbocycles. The van der Waals surface area contributed by atoms with Crippen molar-refractivity contribution in [3.8, 4) is 0 Å². The standard InChI is InChI=1S/C20H21N3O/c1-14-21-20(19(24)22(14)2)13-16-11-7-8-12-17(16)23(3)18(20)15-9-5-4-6-10-15/h4-12,18H,13H2,1-3H3/t18-,20+/m1/s1. The Balaban J connectivity index is 1.96. The summed E-state index contributed by atoms with van der Waals surface area (Å²) in [5.74, 6) is 0.865. The van der Waals surface area contributed by atoms with Gasteiger partial charge in [0, 0.05) is 26.2 Å². The second-order valence-corrected chi connectivity index (χ2v) is 6.68. The average molecular weight is 319 g/mol. The lowest BCUT2D eigenvalue weighted by Gasteiger charge is -2.45. The highest BCUT2D eigenvalue weighted by molar-refractivity contribution is 6.08. The fraction of sp³-hybridized carbons (Fsp3) is 0.300. The Labute approximate surface area is 142 Å². The summed E-state index contributed by atoms with van der Waals surface area (Å²) in [5.41, 5.74) is 2.68. The maximum Gasteiger partial charge on any atom is 0.258 e. The first-order chi connectivity index (χ1) is 11.5. The largest absolute Gasteiger partial charge is 0.364 e. The number of amides is 1. The van der Waals surface area contributed by atoms with Crippen molar-refractivity contribution < 1.29 is 4.79 Å². The van der Waals surface area contributed by atoms with Gasteiger partial charge in [0.25, 0.3) is 5.91 Å². The van der Waals surface area contributed by atoms with E-state index in [0.29, 0.717) is 6.42 Å². The minimum absolute atomic E-state index is 0.0789. The van der Waals surface area contributed by atoms with E-state index >= 15 is 0 Å². The Kier molecular flexibility index (Phi) is 3.23. The molecule has 24 heavy (non-hydrogen) atoms. The molecule has 2 aliphatic heterocycles. The van der Waals surface area contributed by atoms with Gasteiger partial charge in [-0.15, -0.1) is 0 Å². The molecule has 0 aromatic heterocycles. The topological polar surface area (TPSA) is 35.9 Å². The highest BCUT2D eigenvalue weighted by Gasteiger charge is 2.56. The predicted molar refractivity (Wildman–Crippen MR) is 96.3 cm³/mol. The van der Waals surface area contributed by atoms with E-state index in [1.54, 1.807) is 4.90 Å². The molecular weight excluding hydrogens is 298 g/mol. The number of hydrogen-bond acceptors (Lipinski definition) is 3. The van der Waals surface area contributed by atoms with Gasteiger partial charge in [-0.25, -0.2) is 0 Å². The first-order valence-corrected chi connectivity index (χ1v) is 8.25. The summed E-state index contributed by atoms with van der Waals surface area (Å²) in [5, 5.41) is 0. The maximum atomic E-state index is 13.2. The van der Waals surface area contributed by atoms with Crippen molar-refractivity contribution in [3.05, 3.63) is 65.7 Å². The molecule has 0 bridgehead atoms. The zero-order valence-electron chi connectivity index (χ0n) is 14.2. The molecule has 2 aromatic rings. The van der Waals surface area contributed by atoms with Crippen LogP contribution in [0.1, 0.15) is 24.1 Å². The third-order valence-corrected chi connectivity index (χ3v) is 5.31. The van der Waals surface area contributed by atoms with Gasteiger partial charge in [-0.1, -0.05) is 48.5 Å². The quantitative estimate of drug-likeness (QED) is 0.810. The van der Waals surface area contributed by atoms with Crippen molar-refractivity contribution in [2.45, 2.75) is 24.9 Å². The van der Waals surface area contributed by atoms with E-state index in [9.17, 15) is 4.79 Å². The van der Waals surface area contributed by atoms with Crippen LogP contribution in [0.4, 0.5) is 5.69 Å². The zero-order chi connectivity index (χ0) is 16.9. The van der Waals surface area contributed by atoms with Gasteiger partial charge in [-0.05, 0) is 24.1 Å². The van der Waals surface area contributed by atoms with Crippen LogP contribution in [0.15, 0.2) is 59.6 Å². The molecule has 2 aliphatic rings. The van der Waals surface area contributed by atoms with Crippen LogP contribution in [0.2, 0.25) is 0 Å². The van der Waals surface area contributed by atoms with Gasteiger partial charge in [0.2, 0.25) is 0 Å². The van der Waals surface area contributed by atoms with Crippen LogP contribution in [-0.2, 0) is 11.2 Å². The number of para-hydroxylation sites is 1. The minimum Gasteiger partial charge on any atom is -0.364 e. The number of aliphatic imine (C=N–C) groups is 1. The van der Waals surface area contributed by atoms with Crippen molar-refractivity contribution in [1.29, 1.82) is 0 Å². The molecule has 4 nitrogen and oxygen atoms in total. The summed E-state index contributed by atoms with van der Waals surface area (Å²) < 4.78 is 0. The molecular formula is C20H21N3O. The lowest BCUT2D eigenvalue weighted by atomic mass is 9.75. The van der Waals surface area contributed by atoms with Crippen LogP contribution in [0.25, 0.3) is 0 Å². The fourth-order valence-electron chi connectivity index (χ4n) is 4.13. The zero-order valence-corrected chi connectivity index (χ0v) is 14.2. The summed E-state index contributed by atoms with van der Waals surface area (Å²) in [4.78, 5) is 22.0. The van der Waals surface area contributed by atoms with Gasteiger partial charge < -0.3 is 9.80 Å². The number of fused-ring (bicyclic) bond motifs is 1. The molecule has 0 N–H and O–H groups in total. The van der Waals surface area contributed by atoms with Crippen LogP contribution >= 0.6 is 0 Å². The van der Waals surface area contributed by atoms with Crippen LogP contribution in [0, 0.1) is 0 Å². The van der Waals surface area contributed by atoms with Crippen LogP contribution in [0.5, 0.6) is 0 Å². The van der Waals surface area contributed by atoms with Gasteiger partial charge in [0.05, 0.1) is 6.04 Å². The maximum absolute atomic E-state index is 13.2. The monoisotopic (exact) mass is 319 g/mol. The fourth-order valence-corrected chi connectivity index (χ4v) is 4.13. The van der Waals surface area contributed by atoms with Crippen LogP contribution in [0.3, 0.4) is 0 Å². The van der Waals surface area contributed by atoms with Crippen molar-refractivity contribution in [3.63, 3.8) is 0 Å². The van der Waals surface area contributed by atoms with Crippen molar-refractivity contribution in [2.75, 3.05) is 19.0 Å². The molecule has 2 heterocycles. The molecule has 0 unspecified atom stereocenters. The molecule has 1 amide bonds. The molecule has 0 radical (unpaired) electrons. The smallest absolute Gasteiger partial charge is 0.258 e. The van der Waals surface area contributed by atoms with E-state index in [1.807, 2.05) is 44.3 Å². The second kappa shape index (κ2) is 5.20. The normalized spacial score (nSPS) is 25.9. The molecule has 0 saturated heterocycles. The van der Waals surface area contributed by atoms with Crippen LogP contribution < -0.4 is 4.90 Å². The number of carbonyl (C=O) groups is 1. The Morgan fingerprint density at radius 2 is 1.71 bits per heavy atom. The second-order valence-electron chi connectivity index (χ2n) is 6.68. The van der Waals surface area contributed by atoms with E-state index in [4.69, 9.17) is 4.99 Å². The number of likely N-dealkylation sites (N-methyl/N-ethyl adjacent to an activating group) is 2. The number of carbonyl (C=O) groups excluding carboxylic acids is 1. The Morgan fingerprint density at radius 1 is 1.04 bits per heavy atom. The van der Waals surface area contributed by atoms with Gasteiger partial charge >= 0.3 is 0 Å². The number of amidine groups is 1. The van der Waals surface area contributed by atoms with Gasteiger partial charge in [0.15, 0.2) is 5.54 Å². The number of hydrogen-bond donors (Lipinski definition) is 0. The Hall–Kier alpha value is -2.62. The summed E-state index contributed by atoms with van der Waals surface area (Å²) in [7, 11) is 3.88. The highest BCUT2D eigenvalue weighted by atomic mass is 16.2. The van der Waals surface area contributed by atoms with E-state index in [-0.39, 0.29) is 11.9 Å². The van der Waals surface area contributed by atoms with E-state index in [1.165, 1.54) is 11.3 Å². The minimum atomic E-state index is -0.788. The van der Waals surface area contributed by atoms with Crippen molar-refractivity contribution in [1.82, 2.24) is 4.90 Å². The Bertz CT molecular complexity index is 830. The lowest BCUT2D eigenvalue weighted by Crippen LogP contribution is -2.54. The van der Waals surface area contributed by atoms with Crippen molar-refractivity contribution in [2.24, 2.45) is 4.99 Å². The van der Waals surface area contributed by atoms with Gasteiger partial charge in [-0.2, -0.15) is 0 Å². The molecule has 1 spiro atoms. The highest BCUT2D eigenvalue weighted by Crippen LogP contribution is 2.48. The van der Waals surface area contributed by atoms with E-state index in [2.05, 4.69) is 36.2 Å². The first-order valence-electron chi connectivity index (χ1n) is 8.25. The Morgan fingerprint density at radius 3 is 2.38 bits per heavy atom. The predicted octanol–water partition coefficient (Wildman–Crippen LogP) is 3.05. The molecule has 2 aromatic carbocycles. The summed E-state index contributed by atoms with van der Waals surface area (Å²) >= 11 is 0. The number of rotatable bonds is 1. The molecule has 0 fully saturated rings. The average Bonchev–Trinajstić information content (AvgIpc) is 2.80. The van der Waals surface area contributed by atoms with Gasteiger partial charge in [0.1, 0.15) is 5.84 Å². The third-order valence-electron chi connectivity index (χ3n) is 5.31. The third kappa shape index (κ3) is 1.92. The molecule has 2 atom stereocenters. The van der Waals surface area contributed by atoms with Crippen molar-refractivity contribution >= 4 is 17.4 Å². The number of benzene rings is 2. The molecule has 4 rings (SSSR count). The number of anilines is 1. The van der Waals surface area contributed by atoms with E-state index in [0.717, 1.165) is 11.4 Å². The number of nitrogens with zero attached hydrogens (tertiary/aromatic N) is 3. The summed E-state index contributed by atoms with van der Waals surface area (Å²) in [6.07, 6.45) is 0.633. The van der Waals surface area contributed by atoms with Crippen LogP contribution in [-0.4, -0.2) is 36.3 Å². The molecule has 4 heteroatoms. The molecule has 122 valence electrons. The first kappa shape index (κ1) is 14.9. The van der Waals surface area contributed by atoms with E-state index < -0.39 is 5.54 Å². The molecule has 0 saturated carbocycles. The lowest BCUT2D eigenvalue weighted by molar-refractivity contribution is -0.131. The SMILES string of the molecule is CC1=N[C@]2(Cc3ccccc3N(C)[C@@H]2c2ccccc2)C(=O)N1C. The summed E-state index contributed by atoms with van der Waals surface area (Å²) in [6, 6.07) is 18.4. The summed E-state index contributed by atoms with van der Waals surface area (Å²) in [6.45, 7) is 1.91. The van der Waals surface area contributed by atoms with Gasteiger partial charge in [-0.3, -0.25) is 9.79 Å².